The fourth-order valence-electron chi connectivity index (χ4n) is 3.05. The fraction of sp³-hybridized carbons (Fsp3) is 0.118. The predicted molar refractivity (Wildman–Crippen MR) is 93.3 cm³/mol. The largest absolute Gasteiger partial charge is 0.463 e. The highest BCUT2D eigenvalue weighted by Crippen LogP contribution is 2.33. The Morgan fingerprint density at radius 3 is 2.76 bits per heavy atom. The zero-order valence-corrected chi connectivity index (χ0v) is 13.7. The summed E-state index contributed by atoms with van der Waals surface area (Å²) >= 11 is 0. The van der Waals surface area contributed by atoms with E-state index in [9.17, 15) is 4.79 Å². The van der Waals surface area contributed by atoms with Crippen molar-refractivity contribution in [2.75, 3.05) is 5.73 Å². The molecule has 0 aliphatic rings. The third-order valence-electron chi connectivity index (χ3n) is 4.21. The van der Waals surface area contributed by atoms with E-state index >= 15 is 0 Å². The minimum atomic E-state index is -0.663. The van der Waals surface area contributed by atoms with Gasteiger partial charge in [-0.15, -0.1) is 0 Å². The van der Waals surface area contributed by atoms with Crippen molar-refractivity contribution in [3.8, 4) is 17.1 Å². The molecule has 1 aromatic carbocycles. The number of hydrogen-bond acceptors (Lipinski definition) is 5. The number of rotatable bonds is 3. The number of aromatic amines is 1. The highest BCUT2D eigenvalue weighted by molar-refractivity contribution is 6.03. The number of hydrogen-bond donors (Lipinski definition) is 3. The summed E-state index contributed by atoms with van der Waals surface area (Å²) in [6.45, 7) is 3.86. The number of furan rings is 1. The minimum Gasteiger partial charge on any atom is -0.463 e. The molecule has 126 valence electrons. The number of nitrogens with two attached hydrogens (primary N) is 2. The second kappa shape index (κ2) is 5.23. The van der Waals surface area contributed by atoms with Gasteiger partial charge in [0.2, 0.25) is 0 Å². The normalized spacial score (nSPS) is 11.3. The Bertz CT molecular complexity index is 1100. The van der Waals surface area contributed by atoms with E-state index in [1.807, 2.05) is 26.0 Å². The van der Waals surface area contributed by atoms with Gasteiger partial charge in [0.1, 0.15) is 17.1 Å². The van der Waals surface area contributed by atoms with E-state index < -0.39 is 5.91 Å². The van der Waals surface area contributed by atoms with Crippen LogP contribution in [0.25, 0.3) is 28.0 Å². The molecule has 8 nitrogen and oxygen atoms in total. The van der Waals surface area contributed by atoms with Gasteiger partial charge in [-0.2, -0.15) is 10.2 Å². The fourth-order valence-corrected chi connectivity index (χ4v) is 3.05. The van der Waals surface area contributed by atoms with Crippen LogP contribution in [0.15, 0.2) is 34.9 Å². The first-order chi connectivity index (χ1) is 12.0. The molecule has 1 amide bonds. The lowest BCUT2D eigenvalue weighted by molar-refractivity contribution is 0.100. The van der Waals surface area contributed by atoms with Gasteiger partial charge in [0.25, 0.3) is 5.91 Å². The summed E-state index contributed by atoms with van der Waals surface area (Å²) in [4.78, 5) is 12.0. The van der Waals surface area contributed by atoms with Crippen LogP contribution < -0.4 is 11.5 Å². The summed E-state index contributed by atoms with van der Waals surface area (Å²) < 4.78 is 6.91. The Balaban J connectivity index is 2.09. The van der Waals surface area contributed by atoms with Crippen LogP contribution in [0.3, 0.4) is 0 Å². The van der Waals surface area contributed by atoms with Crippen LogP contribution in [0.1, 0.15) is 21.6 Å². The smallest absolute Gasteiger partial charge is 0.254 e. The number of H-pyrrole nitrogens is 1. The Hall–Kier alpha value is -3.55. The van der Waals surface area contributed by atoms with E-state index in [0.717, 1.165) is 27.8 Å². The van der Waals surface area contributed by atoms with Gasteiger partial charge in [-0.3, -0.25) is 9.89 Å². The number of nitrogens with one attached hydrogen (secondary N) is 1. The van der Waals surface area contributed by atoms with Crippen molar-refractivity contribution < 1.29 is 9.21 Å². The summed E-state index contributed by atoms with van der Waals surface area (Å²) in [5, 5.41) is 12.7. The van der Waals surface area contributed by atoms with Gasteiger partial charge in [-0.1, -0.05) is 6.07 Å². The number of amides is 1. The van der Waals surface area contributed by atoms with Crippen molar-refractivity contribution in [2.24, 2.45) is 5.73 Å². The minimum absolute atomic E-state index is 0.132. The second-order valence-electron chi connectivity index (χ2n) is 5.84. The molecule has 0 atom stereocenters. The third kappa shape index (κ3) is 2.11. The number of aromatic nitrogens is 4. The summed E-state index contributed by atoms with van der Waals surface area (Å²) in [7, 11) is 0. The van der Waals surface area contributed by atoms with E-state index in [1.54, 1.807) is 12.1 Å². The van der Waals surface area contributed by atoms with Crippen LogP contribution in [0, 0.1) is 13.8 Å². The SMILES string of the molecule is Cc1ccc2n[nH]c(C)c2c1-n1nc(-c2ccco2)c(C(N)=O)c1N. The van der Waals surface area contributed by atoms with Gasteiger partial charge in [0.15, 0.2) is 5.76 Å². The molecule has 0 fully saturated rings. The first-order valence-electron chi connectivity index (χ1n) is 7.66. The summed E-state index contributed by atoms with van der Waals surface area (Å²) in [6.07, 6.45) is 1.50. The van der Waals surface area contributed by atoms with Crippen LogP contribution in [-0.4, -0.2) is 25.9 Å². The Morgan fingerprint density at radius 1 is 1.28 bits per heavy atom. The number of nitrogen functional groups attached to an aromatic ring is 1. The Morgan fingerprint density at radius 2 is 2.08 bits per heavy atom. The molecule has 3 aromatic heterocycles. The maximum atomic E-state index is 12.0. The average Bonchev–Trinajstić information content (AvgIpc) is 3.27. The van der Waals surface area contributed by atoms with E-state index in [1.165, 1.54) is 10.9 Å². The molecular weight excluding hydrogens is 320 g/mol. The molecule has 0 bridgehead atoms. The third-order valence-corrected chi connectivity index (χ3v) is 4.21. The summed E-state index contributed by atoms with van der Waals surface area (Å²) in [5.41, 5.74) is 15.6. The van der Waals surface area contributed by atoms with Gasteiger partial charge in [0.05, 0.1) is 17.5 Å². The van der Waals surface area contributed by atoms with Gasteiger partial charge in [0, 0.05) is 11.1 Å². The molecule has 25 heavy (non-hydrogen) atoms. The van der Waals surface area contributed by atoms with Crippen LogP contribution in [-0.2, 0) is 0 Å². The molecular formula is C17H16N6O2. The molecule has 4 rings (SSSR count). The lowest BCUT2D eigenvalue weighted by Crippen LogP contribution is -2.14. The quantitative estimate of drug-likeness (QED) is 0.528. The molecule has 0 spiro atoms. The van der Waals surface area contributed by atoms with Crippen LogP contribution in [0.4, 0.5) is 5.82 Å². The van der Waals surface area contributed by atoms with Gasteiger partial charge >= 0.3 is 0 Å². The van der Waals surface area contributed by atoms with Crippen LogP contribution in [0.5, 0.6) is 0 Å². The zero-order valence-electron chi connectivity index (χ0n) is 13.7. The number of aryl methyl sites for hydroxylation is 2. The molecule has 0 saturated heterocycles. The van der Waals surface area contributed by atoms with Crippen molar-refractivity contribution >= 4 is 22.6 Å². The van der Waals surface area contributed by atoms with E-state index in [4.69, 9.17) is 15.9 Å². The van der Waals surface area contributed by atoms with Gasteiger partial charge < -0.3 is 15.9 Å². The average molecular weight is 336 g/mol. The standard InChI is InChI=1S/C17H16N6O2/c1-8-5-6-10-12(9(2)20-21-10)15(8)23-16(18)13(17(19)24)14(22-23)11-4-3-7-25-11/h3-7H,18H2,1-2H3,(H2,19,24)(H,20,21). The highest BCUT2D eigenvalue weighted by atomic mass is 16.3. The first kappa shape index (κ1) is 15.0. The number of benzene rings is 1. The van der Waals surface area contributed by atoms with E-state index in [2.05, 4.69) is 15.3 Å². The Labute approximate surface area is 142 Å². The highest BCUT2D eigenvalue weighted by Gasteiger charge is 2.25. The monoisotopic (exact) mass is 336 g/mol. The van der Waals surface area contributed by atoms with E-state index in [0.29, 0.717) is 11.5 Å². The maximum absolute atomic E-state index is 12.0. The van der Waals surface area contributed by atoms with Gasteiger partial charge in [-0.25, -0.2) is 4.68 Å². The van der Waals surface area contributed by atoms with E-state index in [-0.39, 0.29) is 11.4 Å². The number of fused-ring (bicyclic) bond motifs is 1. The number of primary amides is 1. The topological polar surface area (TPSA) is 129 Å². The second-order valence-corrected chi connectivity index (χ2v) is 5.84. The molecule has 4 aromatic rings. The molecule has 0 aliphatic heterocycles. The van der Waals surface area contributed by atoms with Gasteiger partial charge in [-0.05, 0) is 37.6 Å². The van der Waals surface area contributed by atoms with Crippen molar-refractivity contribution in [1.82, 2.24) is 20.0 Å². The summed E-state index contributed by atoms with van der Waals surface area (Å²) in [5.74, 6) is -0.0769. The molecule has 0 unspecified atom stereocenters. The van der Waals surface area contributed by atoms with Crippen molar-refractivity contribution in [2.45, 2.75) is 13.8 Å². The molecule has 8 heteroatoms. The number of carbonyl (C=O) groups is 1. The lowest BCUT2D eigenvalue weighted by Gasteiger charge is -2.10. The number of nitrogens with zero attached hydrogens (tertiary/aromatic N) is 3. The van der Waals surface area contributed by atoms with Crippen LogP contribution in [0.2, 0.25) is 0 Å². The van der Waals surface area contributed by atoms with Crippen molar-refractivity contribution in [3.05, 3.63) is 47.3 Å². The number of anilines is 1. The van der Waals surface area contributed by atoms with Crippen molar-refractivity contribution in [1.29, 1.82) is 0 Å². The predicted octanol–water partition coefficient (Wildman–Crippen LogP) is 2.31. The molecule has 5 N–H and O–H groups in total. The van der Waals surface area contributed by atoms with Crippen LogP contribution >= 0.6 is 0 Å². The zero-order chi connectivity index (χ0) is 17.7. The molecule has 0 radical (unpaired) electrons. The molecule has 3 heterocycles. The van der Waals surface area contributed by atoms with Crippen molar-refractivity contribution in [3.63, 3.8) is 0 Å². The molecule has 0 aliphatic carbocycles. The maximum Gasteiger partial charge on any atom is 0.254 e. The number of carbonyl (C=O) groups excluding carboxylic acids is 1. The Kier molecular flexibility index (Phi) is 3.14. The first-order valence-corrected chi connectivity index (χ1v) is 7.66. The lowest BCUT2D eigenvalue weighted by atomic mass is 10.1. The summed E-state index contributed by atoms with van der Waals surface area (Å²) in [6, 6.07) is 7.26. The molecule has 0 saturated carbocycles.